The van der Waals surface area contributed by atoms with Crippen molar-refractivity contribution in [3.8, 4) is 0 Å². The van der Waals surface area contributed by atoms with Gasteiger partial charge >= 0.3 is 0 Å². The topological polar surface area (TPSA) is 86.8 Å². The third-order valence-corrected chi connectivity index (χ3v) is 9.53. The van der Waals surface area contributed by atoms with E-state index in [1.54, 1.807) is 18.2 Å². The molecule has 1 atom stereocenters. The van der Waals surface area contributed by atoms with Crippen LogP contribution in [0.5, 0.6) is 0 Å². The van der Waals surface area contributed by atoms with Crippen molar-refractivity contribution in [3.63, 3.8) is 0 Å². The Morgan fingerprint density at radius 1 is 0.951 bits per heavy atom. The van der Waals surface area contributed by atoms with E-state index in [1.165, 1.54) is 35.2 Å². The van der Waals surface area contributed by atoms with E-state index in [0.717, 1.165) is 41.1 Å². The van der Waals surface area contributed by atoms with Crippen LogP contribution >= 0.6 is 23.2 Å². The number of sulfonamides is 1. The van der Waals surface area contributed by atoms with Crippen molar-refractivity contribution < 1.29 is 18.0 Å². The van der Waals surface area contributed by atoms with E-state index >= 15 is 0 Å². The summed E-state index contributed by atoms with van der Waals surface area (Å²) in [5.74, 6) is -0.752. The van der Waals surface area contributed by atoms with Crippen LogP contribution in [0.1, 0.15) is 50.2 Å². The lowest BCUT2D eigenvalue weighted by Gasteiger charge is -2.34. The molecule has 4 rings (SSSR count). The van der Waals surface area contributed by atoms with Gasteiger partial charge in [0, 0.05) is 22.6 Å². The molecule has 3 aromatic carbocycles. The highest BCUT2D eigenvalue weighted by Crippen LogP contribution is 2.30. The zero-order valence-electron chi connectivity index (χ0n) is 23.2. The van der Waals surface area contributed by atoms with Gasteiger partial charge in [-0.2, -0.15) is 0 Å². The Bertz CT molecular complexity index is 1440. The summed E-state index contributed by atoms with van der Waals surface area (Å²) < 4.78 is 28.8. The van der Waals surface area contributed by atoms with Gasteiger partial charge in [0.1, 0.15) is 12.6 Å². The van der Waals surface area contributed by atoms with Crippen molar-refractivity contribution in [2.24, 2.45) is 0 Å². The molecule has 1 unspecified atom stereocenters. The zero-order chi connectivity index (χ0) is 29.6. The highest BCUT2D eigenvalue weighted by molar-refractivity contribution is 7.92. The lowest BCUT2D eigenvalue weighted by molar-refractivity contribution is -0.140. The smallest absolute Gasteiger partial charge is 0.264 e. The first-order chi connectivity index (χ1) is 19.6. The summed E-state index contributed by atoms with van der Waals surface area (Å²) in [6.45, 7) is 3.42. The number of hydrogen-bond donors (Lipinski definition) is 1. The van der Waals surface area contributed by atoms with Crippen LogP contribution in [0.4, 0.5) is 5.69 Å². The largest absolute Gasteiger partial charge is 0.352 e. The van der Waals surface area contributed by atoms with Gasteiger partial charge in [-0.15, -0.1) is 0 Å². The van der Waals surface area contributed by atoms with Gasteiger partial charge in [-0.1, -0.05) is 91.0 Å². The molecule has 1 N–H and O–H groups in total. The van der Waals surface area contributed by atoms with E-state index in [1.807, 2.05) is 38.1 Å². The molecule has 1 fully saturated rings. The quantitative estimate of drug-likeness (QED) is 0.272. The van der Waals surface area contributed by atoms with E-state index < -0.39 is 28.5 Å². The number of amides is 2. The molecule has 0 spiro atoms. The number of hydrogen-bond acceptors (Lipinski definition) is 4. The second-order valence-electron chi connectivity index (χ2n) is 10.4. The number of aryl methyl sites for hydroxylation is 1. The van der Waals surface area contributed by atoms with Gasteiger partial charge in [0.15, 0.2) is 0 Å². The maximum atomic E-state index is 14.2. The van der Waals surface area contributed by atoms with Crippen molar-refractivity contribution in [1.82, 2.24) is 10.2 Å². The van der Waals surface area contributed by atoms with Crippen LogP contribution in [0, 0.1) is 6.92 Å². The summed E-state index contributed by atoms with van der Waals surface area (Å²) in [6, 6.07) is 19.3. The molecule has 0 aromatic heterocycles. The number of rotatable bonds is 11. The van der Waals surface area contributed by atoms with Crippen molar-refractivity contribution in [2.45, 2.75) is 69.5 Å². The van der Waals surface area contributed by atoms with Gasteiger partial charge in [-0.05, 0) is 62.1 Å². The zero-order valence-corrected chi connectivity index (χ0v) is 25.6. The molecule has 0 saturated heterocycles. The Morgan fingerprint density at radius 3 is 2.15 bits per heavy atom. The Hall–Kier alpha value is -3.07. The van der Waals surface area contributed by atoms with Crippen LogP contribution in [-0.4, -0.2) is 43.8 Å². The molecule has 0 heterocycles. The van der Waals surface area contributed by atoms with E-state index in [4.69, 9.17) is 23.2 Å². The summed E-state index contributed by atoms with van der Waals surface area (Å²) in [7, 11) is -4.20. The SMILES string of the molecule is CCC(C(=O)NC1CCCC1)N(Cc1ccc(C)cc1)C(=O)CN(c1cc(Cl)cc(Cl)c1)S(=O)(=O)c1ccccc1. The molecule has 2 amide bonds. The molecular weight excluding hydrogens is 581 g/mol. The first-order valence-corrected chi connectivity index (χ1v) is 16.0. The average Bonchev–Trinajstić information content (AvgIpc) is 3.45. The van der Waals surface area contributed by atoms with Gasteiger partial charge in [-0.25, -0.2) is 8.42 Å². The second-order valence-corrected chi connectivity index (χ2v) is 13.1. The van der Waals surface area contributed by atoms with Gasteiger partial charge in [0.05, 0.1) is 10.6 Å². The number of nitrogens with one attached hydrogen (secondary N) is 1. The Labute approximate surface area is 252 Å². The van der Waals surface area contributed by atoms with E-state index in [9.17, 15) is 18.0 Å². The van der Waals surface area contributed by atoms with Crippen LogP contribution in [0.25, 0.3) is 0 Å². The molecule has 0 bridgehead atoms. The maximum absolute atomic E-state index is 14.2. The number of nitrogens with zero attached hydrogens (tertiary/aromatic N) is 2. The molecular formula is C31H35Cl2N3O4S. The van der Waals surface area contributed by atoms with Crippen LogP contribution < -0.4 is 9.62 Å². The lowest BCUT2D eigenvalue weighted by Crippen LogP contribution is -2.53. The number of anilines is 1. The standard InChI is InChI=1S/C31H35Cl2N3O4S/c1-3-29(31(38)34-26-9-7-8-10-26)35(20-23-15-13-22(2)14-16-23)30(37)21-36(27-18-24(32)17-25(33)19-27)41(39,40)28-11-5-4-6-12-28/h4-6,11-19,26,29H,3,7-10,20-21H2,1-2H3,(H,34,38). The minimum Gasteiger partial charge on any atom is -0.352 e. The lowest BCUT2D eigenvalue weighted by atomic mass is 10.1. The van der Waals surface area contributed by atoms with Gasteiger partial charge in [-0.3, -0.25) is 13.9 Å². The van der Waals surface area contributed by atoms with Crippen molar-refractivity contribution in [3.05, 3.63) is 94.0 Å². The van der Waals surface area contributed by atoms with Crippen molar-refractivity contribution in [2.75, 3.05) is 10.8 Å². The summed E-state index contributed by atoms with van der Waals surface area (Å²) in [6.07, 6.45) is 4.30. The second kappa shape index (κ2) is 13.7. The maximum Gasteiger partial charge on any atom is 0.264 e. The molecule has 218 valence electrons. The molecule has 10 heteroatoms. The van der Waals surface area contributed by atoms with E-state index in [2.05, 4.69) is 5.32 Å². The van der Waals surface area contributed by atoms with Crippen LogP contribution in [0.15, 0.2) is 77.7 Å². The molecule has 41 heavy (non-hydrogen) atoms. The molecule has 0 aliphatic heterocycles. The Balaban J connectivity index is 1.72. The Kier molecular flexibility index (Phi) is 10.3. The predicted molar refractivity (Wildman–Crippen MR) is 164 cm³/mol. The molecule has 3 aromatic rings. The third-order valence-electron chi connectivity index (χ3n) is 7.31. The van der Waals surface area contributed by atoms with Crippen molar-refractivity contribution in [1.29, 1.82) is 0 Å². The Morgan fingerprint density at radius 2 is 1.56 bits per heavy atom. The number of halogens is 2. The molecule has 7 nitrogen and oxygen atoms in total. The summed E-state index contributed by atoms with van der Waals surface area (Å²) in [4.78, 5) is 29.2. The minimum atomic E-state index is -4.20. The summed E-state index contributed by atoms with van der Waals surface area (Å²) >= 11 is 12.5. The number of carbonyl (C=O) groups is 2. The minimum absolute atomic E-state index is 0.0139. The third kappa shape index (κ3) is 7.82. The highest BCUT2D eigenvalue weighted by Gasteiger charge is 2.34. The average molecular weight is 617 g/mol. The fourth-order valence-corrected chi connectivity index (χ4v) is 7.04. The summed E-state index contributed by atoms with van der Waals surface area (Å²) in [5.41, 5.74) is 2.05. The van der Waals surface area contributed by atoms with Gasteiger partial charge in [0.2, 0.25) is 11.8 Å². The molecule has 1 aliphatic rings. The molecule has 1 aliphatic carbocycles. The number of benzene rings is 3. The highest BCUT2D eigenvalue weighted by atomic mass is 35.5. The fourth-order valence-electron chi connectivity index (χ4n) is 5.11. The van der Waals surface area contributed by atoms with Gasteiger partial charge in [0.25, 0.3) is 10.0 Å². The van der Waals surface area contributed by atoms with Crippen LogP contribution in [0.2, 0.25) is 10.0 Å². The monoisotopic (exact) mass is 615 g/mol. The van der Waals surface area contributed by atoms with E-state index in [-0.39, 0.29) is 39.1 Å². The van der Waals surface area contributed by atoms with E-state index in [0.29, 0.717) is 6.42 Å². The molecule has 1 saturated carbocycles. The fraction of sp³-hybridized carbons (Fsp3) is 0.355. The normalized spacial score (nSPS) is 14.4. The van der Waals surface area contributed by atoms with Crippen molar-refractivity contribution >= 4 is 50.7 Å². The first-order valence-electron chi connectivity index (χ1n) is 13.8. The summed E-state index contributed by atoms with van der Waals surface area (Å²) in [5, 5.41) is 3.57. The molecule has 0 radical (unpaired) electrons. The number of carbonyl (C=O) groups excluding carboxylic acids is 2. The first kappa shape index (κ1) is 30.9. The van der Waals surface area contributed by atoms with Gasteiger partial charge < -0.3 is 10.2 Å². The van der Waals surface area contributed by atoms with Crippen LogP contribution in [0.3, 0.4) is 0 Å². The van der Waals surface area contributed by atoms with Crippen LogP contribution in [-0.2, 0) is 26.2 Å². The predicted octanol–water partition coefficient (Wildman–Crippen LogP) is 6.36.